The summed E-state index contributed by atoms with van der Waals surface area (Å²) >= 11 is 0. The van der Waals surface area contributed by atoms with E-state index >= 15 is 0 Å². The minimum Gasteiger partial charge on any atom is -0.462 e. The van der Waals surface area contributed by atoms with Gasteiger partial charge in [0.1, 0.15) is 19.3 Å². The highest BCUT2D eigenvalue weighted by Gasteiger charge is 2.30. The molecule has 0 rings (SSSR count). The molecule has 0 amide bonds. The van der Waals surface area contributed by atoms with Crippen LogP contribution >= 0.6 is 15.6 Å². The van der Waals surface area contributed by atoms with Crippen molar-refractivity contribution in [3.05, 3.63) is 0 Å². The summed E-state index contributed by atoms with van der Waals surface area (Å²) in [4.78, 5) is 72.6. The van der Waals surface area contributed by atoms with Gasteiger partial charge < -0.3 is 33.8 Å². The van der Waals surface area contributed by atoms with Gasteiger partial charge in [0.05, 0.1) is 26.4 Å². The lowest BCUT2D eigenvalue weighted by Gasteiger charge is -2.21. The van der Waals surface area contributed by atoms with Gasteiger partial charge in [-0.05, 0) is 49.4 Å². The number of rotatable bonds is 69. The maximum atomic E-state index is 13.0. The molecule has 19 heteroatoms. The van der Waals surface area contributed by atoms with E-state index < -0.39 is 97.5 Å². The first-order valence-electron chi connectivity index (χ1n) is 37.2. The summed E-state index contributed by atoms with van der Waals surface area (Å²) in [5.74, 6) is 0.876. The molecule has 91 heavy (non-hydrogen) atoms. The van der Waals surface area contributed by atoms with E-state index in [2.05, 4.69) is 55.4 Å². The number of aliphatic hydroxyl groups is 1. The minimum absolute atomic E-state index is 0.102. The summed E-state index contributed by atoms with van der Waals surface area (Å²) in [6, 6.07) is 0. The maximum absolute atomic E-state index is 13.0. The number of phosphoric ester groups is 2. The quantitative estimate of drug-likeness (QED) is 0.0222. The molecule has 540 valence electrons. The zero-order valence-electron chi connectivity index (χ0n) is 59.5. The fourth-order valence-electron chi connectivity index (χ4n) is 10.8. The zero-order chi connectivity index (χ0) is 67.5. The van der Waals surface area contributed by atoms with Gasteiger partial charge in [-0.1, -0.05) is 306 Å². The Morgan fingerprint density at radius 3 is 0.780 bits per heavy atom. The molecular formula is C72H140O17P2. The van der Waals surface area contributed by atoms with Crippen molar-refractivity contribution in [1.29, 1.82) is 0 Å². The Kier molecular flexibility index (Phi) is 60.3. The third-order valence-electron chi connectivity index (χ3n) is 16.9. The first-order valence-corrected chi connectivity index (χ1v) is 40.2. The number of phosphoric acid groups is 2. The smallest absolute Gasteiger partial charge is 0.462 e. The highest BCUT2D eigenvalue weighted by molar-refractivity contribution is 7.47. The van der Waals surface area contributed by atoms with Crippen LogP contribution in [0.4, 0.5) is 0 Å². The van der Waals surface area contributed by atoms with E-state index in [9.17, 15) is 43.2 Å². The fraction of sp³-hybridized carbons (Fsp3) is 0.944. The molecule has 0 spiro atoms. The van der Waals surface area contributed by atoms with E-state index in [0.29, 0.717) is 37.5 Å². The lowest BCUT2D eigenvalue weighted by Crippen LogP contribution is -2.30. The van der Waals surface area contributed by atoms with E-state index in [4.69, 9.17) is 37.0 Å². The molecule has 0 saturated heterocycles. The first kappa shape index (κ1) is 89.1. The number of hydrogen-bond donors (Lipinski definition) is 3. The maximum Gasteiger partial charge on any atom is 0.472 e. The van der Waals surface area contributed by atoms with E-state index in [1.165, 1.54) is 154 Å². The number of hydrogen-bond acceptors (Lipinski definition) is 15. The summed E-state index contributed by atoms with van der Waals surface area (Å²) < 4.78 is 68.3. The summed E-state index contributed by atoms with van der Waals surface area (Å²) in [7, 11) is -9.90. The van der Waals surface area contributed by atoms with Crippen LogP contribution in [0.2, 0.25) is 0 Å². The minimum atomic E-state index is -4.96. The second kappa shape index (κ2) is 61.6. The average molecular weight is 1340 g/mol. The van der Waals surface area contributed by atoms with Gasteiger partial charge in [0.15, 0.2) is 12.2 Å². The summed E-state index contributed by atoms with van der Waals surface area (Å²) in [5, 5.41) is 10.6. The predicted molar refractivity (Wildman–Crippen MR) is 367 cm³/mol. The third-order valence-corrected chi connectivity index (χ3v) is 18.8. The normalized spacial score (nSPS) is 14.5. The highest BCUT2D eigenvalue weighted by atomic mass is 31.2. The molecule has 0 heterocycles. The van der Waals surface area contributed by atoms with Crippen molar-refractivity contribution in [2.24, 2.45) is 23.7 Å². The van der Waals surface area contributed by atoms with Crippen LogP contribution < -0.4 is 0 Å². The van der Waals surface area contributed by atoms with Crippen LogP contribution in [0.25, 0.3) is 0 Å². The number of esters is 4. The van der Waals surface area contributed by atoms with Crippen molar-refractivity contribution in [3.8, 4) is 0 Å². The van der Waals surface area contributed by atoms with E-state index in [1.54, 1.807) is 0 Å². The predicted octanol–water partition coefficient (Wildman–Crippen LogP) is 20.5. The van der Waals surface area contributed by atoms with Gasteiger partial charge in [-0.15, -0.1) is 0 Å². The highest BCUT2D eigenvalue weighted by Crippen LogP contribution is 2.45. The molecule has 3 N–H and O–H groups in total. The number of carbonyl (C=O) groups is 4. The van der Waals surface area contributed by atoms with Gasteiger partial charge in [-0.25, -0.2) is 9.13 Å². The Hall–Kier alpha value is -1.94. The summed E-state index contributed by atoms with van der Waals surface area (Å²) in [5.41, 5.74) is 0. The van der Waals surface area contributed by atoms with Crippen molar-refractivity contribution in [2.75, 3.05) is 39.6 Å². The summed E-state index contributed by atoms with van der Waals surface area (Å²) in [6.07, 6.45) is 44.5. The molecule has 0 aliphatic heterocycles. The van der Waals surface area contributed by atoms with E-state index in [1.807, 2.05) is 0 Å². The molecular weight excluding hydrogens is 1200 g/mol. The monoisotopic (exact) mass is 1340 g/mol. The lowest BCUT2D eigenvalue weighted by molar-refractivity contribution is -0.161. The Bertz CT molecular complexity index is 1800. The molecule has 0 saturated carbocycles. The lowest BCUT2D eigenvalue weighted by atomic mass is 9.99. The molecule has 0 bridgehead atoms. The van der Waals surface area contributed by atoms with Crippen molar-refractivity contribution in [2.45, 2.75) is 375 Å². The molecule has 0 aromatic heterocycles. The summed E-state index contributed by atoms with van der Waals surface area (Å²) in [6.45, 7) is 14.1. The molecule has 6 atom stereocenters. The molecule has 0 aromatic carbocycles. The van der Waals surface area contributed by atoms with Crippen molar-refractivity contribution >= 4 is 39.5 Å². The first-order chi connectivity index (χ1) is 43.6. The Labute approximate surface area is 556 Å². The van der Waals surface area contributed by atoms with Crippen LogP contribution in [0.5, 0.6) is 0 Å². The molecule has 4 unspecified atom stereocenters. The molecule has 0 aromatic rings. The van der Waals surface area contributed by atoms with Gasteiger partial charge in [0, 0.05) is 25.7 Å². The van der Waals surface area contributed by atoms with Gasteiger partial charge in [0.25, 0.3) is 0 Å². The van der Waals surface area contributed by atoms with Gasteiger partial charge in [-0.3, -0.25) is 37.3 Å². The fourth-order valence-corrected chi connectivity index (χ4v) is 12.4. The van der Waals surface area contributed by atoms with E-state index in [-0.39, 0.29) is 25.7 Å². The third kappa shape index (κ3) is 65.1. The molecule has 0 fully saturated rings. The zero-order valence-corrected chi connectivity index (χ0v) is 61.3. The molecule has 0 radical (unpaired) electrons. The second-order valence-corrected chi connectivity index (χ2v) is 30.6. The van der Waals surface area contributed by atoms with Crippen LogP contribution in [0.1, 0.15) is 357 Å². The van der Waals surface area contributed by atoms with Crippen molar-refractivity contribution < 1.29 is 80.2 Å². The number of carbonyl (C=O) groups excluding carboxylic acids is 4. The van der Waals surface area contributed by atoms with Crippen molar-refractivity contribution in [1.82, 2.24) is 0 Å². The molecule has 0 aliphatic carbocycles. The van der Waals surface area contributed by atoms with Gasteiger partial charge >= 0.3 is 39.5 Å². The van der Waals surface area contributed by atoms with Crippen LogP contribution in [-0.2, 0) is 65.4 Å². The number of unbranched alkanes of at least 4 members (excludes halogenated alkanes) is 34. The average Bonchev–Trinajstić information content (AvgIpc) is 3.43. The Morgan fingerprint density at radius 1 is 0.308 bits per heavy atom. The van der Waals surface area contributed by atoms with Gasteiger partial charge in [-0.2, -0.15) is 0 Å². The molecule has 0 aliphatic rings. The Balaban J connectivity index is 5.24. The van der Waals surface area contributed by atoms with Crippen LogP contribution in [0.3, 0.4) is 0 Å². The number of ether oxygens (including phenoxy) is 4. The Morgan fingerprint density at radius 2 is 0.527 bits per heavy atom. The SMILES string of the molecule is CCC(C)CCCCCCCCCCCCC(=O)OC[C@H](COP(=O)(O)OCC(O)COP(=O)(O)OC[C@@H](COC(=O)CCCCCCCCCC(C)C)OC(=O)CCCCCCCCCC(C)C)OC(=O)CCCCCCCCCCCCCCCCC(C)C. The number of aliphatic hydroxyl groups excluding tert-OH is 1. The standard InChI is InChI=1S/C72H140O17P2/c1-9-65(8)51-43-35-27-19-16-17-20-28-36-44-52-69(74)82-58-67(88-71(76)54-46-38-29-21-15-13-11-10-12-14-18-24-32-40-48-62(2)3)60-86-90(78,79)84-56-66(73)57-85-91(80,81)87-61-68(89-72(77)55-47-39-31-23-26-34-42-50-64(6)7)59-83-70(75)53-45-37-30-22-25-33-41-49-63(4)5/h62-68,73H,9-61H2,1-8H3,(H,78,79)(H,80,81)/t65?,66?,67-,68-/m1/s1. The van der Waals surface area contributed by atoms with E-state index in [0.717, 1.165) is 108 Å². The second-order valence-electron chi connectivity index (χ2n) is 27.6. The molecule has 17 nitrogen and oxygen atoms in total. The van der Waals surface area contributed by atoms with Crippen LogP contribution in [0.15, 0.2) is 0 Å². The van der Waals surface area contributed by atoms with Crippen LogP contribution in [0, 0.1) is 23.7 Å². The van der Waals surface area contributed by atoms with Crippen LogP contribution in [-0.4, -0.2) is 96.7 Å². The largest absolute Gasteiger partial charge is 0.472 e. The topological polar surface area (TPSA) is 237 Å². The van der Waals surface area contributed by atoms with Gasteiger partial charge in [0.2, 0.25) is 0 Å². The van der Waals surface area contributed by atoms with Crippen molar-refractivity contribution in [3.63, 3.8) is 0 Å².